The standard InChI is InChI=1S/C42H43ClN6O6/c1-55-36-14-8-7-11-31(36)26-45-37(50)27-48-40(53)42(49(41(48)54)33-12-3-2-4-13-33)19-21-47(22-20-42)39(52)35(23-28-15-17-32(43)18-16-28)46-38(51)34-24-29-9-5-6-10-30(29)25-44-34/h2-18,34-35,44H,19-27H2,1H3,(H,45,50)(H,46,51). The molecule has 0 aliphatic carbocycles. The molecule has 6 amide bonds. The Kier molecular flexibility index (Phi) is 11.2. The van der Waals surface area contributed by atoms with E-state index >= 15 is 0 Å². The minimum atomic E-state index is -1.31. The number of hydrogen-bond acceptors (Lipinski definition) is 7. The lowest BCUT2D eigenvalue weighted by atomic mass is 9.85. The molecule has 3 aliphatic rings. The number of piperidine rings is 1. The molecular formula is C42H43ClN6O6. The lowest BCUT2D eigenvalue weighted by molar-refractivity contribution is -0.141. The second kappa shape index (κ2) is 16.3. The fourth-order valence-corrected chi connectivity index (χ4v) is 7.90. The molecule has 7 rings (SSSR count). The number of anilines is 1. The summed E-state index contributed by atoms with van der Waals surface area (Å²) in [6, 6.07) is 29.3. The number of amides is 6. The fourth-order valence-electron chi connectivity index (χ4n) is 7.78. The highest BCUT2D eigenvalue weighted by atomic mass is 35.5. The second-order valence-corrected chi connectivity index (χ2v) is 14.5. The first-order chi connectivity index (χ1) is 26.7. The van der Waals surface area contributed by atoms with Gasteiger partial charge < -0.3 is 25.6 Å². The predicted octanol–water partition coefficient (Wildman–Crippen LogP) is 4.24. The fraction of sp³-hybridized carbons (Fsp3) is 0.310. The Labute approximate surface area is 324 Å². The Balaban J connectivity index is 1.07. The van der Waals surface area contributed by atoms with E-state index in [-0.39, 0.29) is 50.7 Å². The number of ether oxygens (including phenoxy) is 1. The van der Waals surface area contributed by atoms with Gasteiger partial charge in [0.05, 0.1) is 13.2 Å². The number of fused-ring (bicyclic) bond motifs is 1. The minimum Gasteiger partial charge on any atom is -0.496 e. The molecule has 2 atom stereocenters. The molecule has 13 heteroatoms. The molecule has 1 spiro atoms. The molecule has 284 valence electrons. The number of likely N-dealkylation sites (tertiary alicyclic amines) is 1. The van der Waals surface area contributed by atoms with E-state index in [1.54, 1.807) is 54.5 Å². The third-order valence-corrected chi connectivity index (χ3v) is 11.0. The summed E-state index contributed by atoms with van der Waals surface area (Å²) in [7, 11) is 1.54. The number of carbonyl (C=O) groups is 5. The zero-order valence-electron chi connectivity index (χ0n) is 30.5. The van der Waals surface area contributed by atoms with Crippen molar-refractivity contribution in [3.8, 4) is 5.75 Å². The monoisotopic (exact) mass is 762 g/mol. The Hall–Kier alpha value is -5.72. The zero-order chi connectivity index (χ0) is 38.5. The predicted molar refractivity (Wildman–Crippen MR) is 207 cm³/mol. The number of halogens is 1. The van der Waals surface area contributed by atoms with Gasteiger partial charge in [-0.1, -0.05) is 84.4 Å². The van der Waals surface area contributed by atoms with Crippen LogP contribution in [0.15, 0.2) is 103 Å². The molecule has 0 saturated carbocycles. The van der Waals surface area contributed by atoms with Gasteiger partial charge in [-0.2, -0.15) is 0 Å². The Morgan fingerprint density at radius 3 is 2.29 bits per heavy atom. The molecule has 4 aromatic carbocycles. The van der Waals surface area contributed by atoms with Gasteiger partial charge in [0.15, 0.2) is 0 Å². The van der Waals surface area contributed by atoms with Crippen LogP contribution in [0.2, 0.25) is 5.02 Å². The molecule has 3 aliphatic heterocycles. The van der Waals surface area contributed by atoms with Crippen molar-refractivity contribution in [1.82, 2.24) is 25.8 Å². The third-order valence-electron chi connectivity index (χ3n) is 10.7. The highest BCUT2D eigenvalue weighted by Gasteiger charge is 2.59. The summed E-state index contributed by atoms with van der Waals surface area (Å²) < 4.78 is 5.38. The number of urea groups is 1. The van der Waals surface area contributed by atoms with Gasteiger partial charge in [-0.25, -0.2) is 4.79 Å². The van der Waals surface area contributed by atoms with Gasteiger partial charge in [0.25, 0.3) is 5.91 Å². The number of rotatable bonds is 11. The van der Waals surface area contributed by atoms with E-state index in [4.69, 9.17) is 16.3 Å². The number of methoxy groups -OCH3 is 1. The van der Waals surface area contributed by atoms with Crippen LogP contribution >= 0.6 is 11.6 Å². The van der Waals surface area contributed by atoms with Gasteiger partial charge >= 0.3 is 6.03 Å². The summed E-state index contributed by atoms with van der Waals surface area (Å²) in [4.78, 5) is 73.9. The van der Waals surface area contributed by atoms with Crippen molar-refractivity contribution >= 4 is 46.9 Å². The SMILES string of the molecule is COc1ccccc1CNC(=O)CN1C(=O)N(c2ccccc2)C2(CCN(C(=O)C(Cc3ccc(Cl)cc3)NC(=O)C3Cc4ccccc4CN3)CC2)C1=O. The summed E-state index contributed by atoms with van der Waals surface area (Å²) in [6.07, 6.45) is 1.01. The number of hydrogen-bond donors (Lipinski definition) is 3. The van der Waals surface area contributed by atoms with Crippen LogP contribution in [0.1, 0.15) is 35.1 Å². The Bertz CT molecular complexity index is 2070. The van der Waals surface area contributed by atoms with Crippen molar-refractivity contribution in [3.63, 3.8) is 0 Å². The number of nitrogens with one attached hydrogen (secondary N) is 3. The summed E-state index contributed by atoms with van der Waals surface area (Å²) >= 11 is 6.15. The zero-order valence-corrected chi connectivity index (χ0v) is 31.3. The van der Waals surface area contributed by atoms with Crippen molar-refractivity contribution < 1.29 is 28.7 Å². The van der Waals surface area contributed by atoms with E-state index in [1.165, 1.54) is 4.90 Å². The molecule has 3 heterocycles. The first-order valence-electron chi connectivity index (χ1n) is 18.4. The summed E-state index contributed by atoms with van der Waals surface area (Å²) in [5.41, 5.74) is 3.01. The number of nitrogens with zero attached hydrogens (tertiary/aromatic N) is 3. The number of imide groups is 1. The quantitative estimate of drug-likeness (QED) is 0.194. The van der Waals surface area contributed by atoms with Crippen LogP contribution in [0.25, 0.3) is 0 Å². The van der Waals surface area contributed by atoms with Gasteiger partial charge in [0, 0.05) is 48.9 Å². The van der Waals surface area contributed by atoms with E-state index in [9.17, 15) is 24.0 Å². The molecule has 2 saturated heterocycles. The van der Waals surface area contributed by atoms with Crippen LogP contribution in [0.5, 0.6) is 5.75 Å². The molecule has 4 aromatic rings. The average molecular weight is 763 g/mol. The lowest BCUT2D eigenvalue weighted by Crippen LogP contribution is -2.61. The molecule has 2 unspecified atom stereocenters. The molecule has 55 heavy (non-hydrogen) atoms. The van der Waals surface area contributed by atoms with Gasteiger partial charge in [0.1, 0.15) is 23.9 Å². The largest absolute Gasteiger partial charge is 0.496 e. The third kappa shape index (κ3) is 7.92. The average Bonchev–Trinajstić information content (AvgIpc) is 3.41. The van der Waals surface area contributed by atoms with Crippen molar-refractivity contribution in [2.24, 2.45) is 0 Å². The molecule has 12 nitrogen and oxygen atoms in total. The highest BCUT2D eigenvalue weighted by molar-refractivity contribution is 6.30. The topological polar surface area (TPSA) is 140 Å². The molecule has 0 bridgehead atoms. The molecule has 0 aromatic heterocycles. The van der Waals surface area contributed by atoms with E-state index in [1.807, 2.05) is 60.7 Å². The van der Waals surface area contributed by atoms with Crippen LogP contribution < -0.4 is 25.6 Å². The highest BCUT2D eigenvalue weighted by Crippen LogP contribution is 2.41. The van der Waals surface area contributed by atoms with Crippen LogP contribution in [-0.2, 0) is 45.1 Å². The summed E-state index contributed by atoms with van der Waals surface area (Å²) in [5, 5.41) is 9.70. The molecular weight excluding hydrogens is 720 g/mol. The van der Waals surface area contributed by atoms with Crippen LogP contribution in [0.4, 0.5) is 10.5 Å². The number of carbonyl (C=O) groups excluding carboxylic acids is 5. The Morgan fingerprint density at radius 1 is 0.891 bits per heavy atom. The molecule has 2 fully saturated rings. The maximum atomic E-state index is 14.4. The van der Waals surface area contributed by atoms with Crippen molar-refractivity contribution in [2.75, 3.05) is 31.6 Å². The van der Waals surface area contributed by atoms with Crippen LogP contribution in [0, 0.1) is 0 Å². The molecule has 3 N–H and O–H groups in total. The van der Waals surface area contributed by atoms with Crippen molar-refractivity contribution in [1.29, 1.82) is 0 Å². The maximum Gasteiger partial charge on any atom is 0.332 e. The number of para-hydroxylation sites is 2. The van der Waals surface area contributed by atoms with Crippen LogP contribution in [0.3, 0.4) is 0 Å². The normalized spacial score (nSPS) is 18.1. The second-order valence-electron chi connectivity index (χ2n) is 14.1. The molecule has 0 radical (unpaired) electrons. The number of benzene rings is 4. The lowest BCUT2D eigenvalue weighted by Gasteiger charge is -2.43. The Morgan fingerprint density at radius 2 is 1.56 bits per heavy atom. The van der Waals surface area contributed by atoms with Gasteiger partial charge in [-0.3, -0.25) is 29.0 Å². The van der Waals surface area contributed by atoms with Crippen molar-refractivity contribution in [2.45, 2.75) is 56.4 Å². The summed E-state index contributed by atoms with van der Waals surface area (Å²) in [6.45, 7) is 0.536. The van der Waals surface area contributed by atoms with Crippen LogP contribution in [-0.4, -0.2) is 83.8 Å². The maximum absolute atomic E-state index is 14.4. The summed E-state index contributed by atoms with van der Waals surface area (Å²) in [5.74, 6) is -0.942. The smallest absolute Gasteiger partial charge is 0.332 e. The van der Waals surface area contributed by atoms with E-state index in [0.29, 0.717) is 29.4 Å². The van der Waals surface area contributed by atoms with Gasteiger partial charge in [-0.05, 0) is 66.3 Å². The van der Waals surface area contributed by atoms with Crippen molar-refractivity contribution in [3.05, 3.63) is 130 Å². The van der Waals surface area contributed by atoms with E-state index in [2.05, 4.69) is 16.0 Å². The minimum absolute atomic E-state index is 0.139. The van der Waals surface area contributed by atoms with E-state index < -0.39 is 42.0 Å². The van der Waals surface area contributed by atoms with Gasteiger partial charge in [0.2, 0.25) is 17.7 Å². The van der Waals surface area contributed by atoms with E-state index in [0.717, 1.165) is 27.2 Å². The first kappa shape index (κ1) is 37.6. The first-order valence-corrected chi connectivity index (χ1v) is 18.8. The van der Waals surface area contributed by atoms with Gasteiger partial charge in [-0.15, -0.1) is 0 Å².